The van der Waals surface area contributed by atoms with E-state index in [2.05, 4.69) is 65.5 Å². The SMILES string of the molecule is C=CCNc1nnc(SCC(=O)NC(C)c2ccc(CC(C)C)cc2)s1. The second kappa shape index (κ2) is 10.3. The number of nitrogens with zero attached hydrogens (tertiary/aromatic N) is 2. The van der Waals surface area contributed by atoms with Crippen molar-refractivity contribution in [1.82, 2.24) is 15.5 Å². The maximum atomic E-state index is 12.2. The fourth-order valence-electron chi connectivity index (χ4n) is 2.41. The maximum Gasteiger partial charge on any atom is 0.230 e. The van der Waals surface area contributed by atoms with Gasteiger partial charge in [0.1, 0.15) is 0 Å². The summed E-state index contributed by atoms with van der Waals surface area (Å²) in [5.41, 5.74) is 2.44. The van der Waals surface area contributed by atoms with E-state index in [9.17, 15) is 4.79 Å². The maximum absolute atomic E-state index is 12.2. The fourth-order valence-corrected chi connectivity index (χ4v) is 3.98. The number of benzene rings is 1. The van der Waals surface area contributed by atoms with Gasteiger partial charge in [-0.15, -0.1) is 16.8 Å². The highest BCUT2D eigenvalue weighted by Crippen LogP contribution is 2.25. The topological polar surface area (TPSA) is 66.9 Å². The molecule has 26 heavy (non-hydrogen) atoms. The quantitative estimate of drug-likeness (QED) is 0.467. The first-order chi connectivity index (χ1) is 12.5. The van der Waals surface area contributed by atoms with Gasteiger partial charge in [0.05, 0.1) is 11.8 Å². The second-order valence-electron chi connectivity index (χ2n) is 6.46. The Kier molecular flexibility index (Phi) is 8.12. The molecule has 1 atom stereocenters. The minimum Gasteiger partial charge on any atom is -0.357 e. The van der Waals surface area contributed by atoms with Crippen molar-refractivity contribution < 1.29 is 4.79 Å². The van der Waals surface area contributed by atoms with Crippen LogP contribution in [0.5, 0.6) is 0 Å². The summed E-state index contributed by atoms with van der Waals surface area (Å²) >= 11 is 2.83. The molecule has 1 amide bonds. The van der Waals surface area contributed by atoms with E-state index in [-0.39, 0.29) is 11.9 Å². The van der Waals surface area contributed by atoms with Crippen LogP contribution in [0.3, 0.4) is 0 Å². The van der Waals surface area contributed by atoms with Gasteiger partial charge in [0.25, 0.3) is 0 Å². The highest BCUT2D eigenvalue weighted by molar-refractivity contribution is 8.01. The standard InChI is InChI=1S/C19H26N4OS2/c1-5-10-20-18-22-23-19(26-18)25-12-17(24)21-14(4)16-8-6-15(7-9-16)11-13(2)3/h5-9,13-14H,1,10-12H2,2-4H3,(H,20,22)(H,21,24). The number of hydrogen-bond donors (Lipinski definition) is 2. The first-order valence-electron chi connectivity index (χ1n) is 8.67. The molecule has 1 aromatic carbocycles. The molecule has 0 saturated carbocycles. The van der Waals surface area contributed by atoms with Crippen LogP contribution in [0.25, 0.3) is 0 Å². The van der Waals surface area contributed by atoms with Gasteiger partial charge in [0.2, 0.25) is 11.0 Å². The fraction of sp³-hybridized carbons (Fsp3) is 0.421. The van der Waals surface area contributed by atoms with Crippen LogP contribution < -0.4 is 10.6 Å². The molecular weight excluding hydrogens is 364 g/mol. The van der Waals surface area contributed by atoms with Crippen LogP contribution in [-0.2, 0) is 11.2 Å². The Morgan fingerprint density at radius 2 is 2.00 bits per heavy atom. The molecule has 0 aliphatic heterocycles. The largest absolute Gasteiger partial charge is 0.357 e. The lowest BCUT2D eigenvalue weighted by atomic mass is 10.00. The molecule has 140 valence electrons. The van der Waals surface area contributed by atoms with Crippen molar-refractivity contribution in [2.24, 2.45) is 5.92 Å². The van der Waals surface area contributed by atoms with Crippen molar-refractivity contribution in [3.8, 4) is 0 Å². The zero-order chi connectivity index (χ0) is 18.9. The number of aromatic nitrogens is 2. The molecule has 2 aromatic rings. The molecule has 5 nitrogen and oxygen atoms in total. The van der Waals surface area contributed by atoms with Crippen LogP contribution in [0.1, 0.15) is 37.9 Å². The van der Waals surface area contributed by atoms with Crippen LogP contribution in [-0.4, -0.2) is 28.4 Å². The molecule has 0 radical (unpaired) electrons. The molecular formula is C19H26N4OS2. The Labute approximate surface area is 163 Å². The third kappa shape index (κ3) is 6.80. The molecule has 0 fully saturated rings. The molecule has 0 saturated heterocycles. The first-order valence-corrected chi connectivity index (χ1v) is 10.5. The number of carbonyl (C=O) groups excluding carboxylic acids is 1. The predicted octanol–water partition coefficient (Wildman–Crippen LogP) is 4.30. The van der Waals surface area contributed by atoms with E-state index in [0.29, 0.717) is 18.2 Å². The zero-order valence-electron chi connectivity index (χ0n) is 15.5. The third-order valence-corrected chi connectivity index (χ3v) is 5.65. The van der Waals surface area contributed by atoms with Crippen molar-refractivity contribution in [2.75, 3.05) is 17.6 Å². The number of amides is 1. The number of anilines is 1. The molecule has 1 aromatic heterocycles. The summed E-state index contributed by atoms with van der Waals surface area (Å²) in [6.07, 6.45) is 2.83. The van der Waals surface area contributed by atoms with Crippen molar-refractivity contribution in [2.45, 2.75) is 37.6 Å². The molecule has 0 spiro atoms. The first kappa shape index (κ1) is 20.5. The Morgan fingerprint density at radius 3 is 2.65 bits per heavy atom. The van der Waals surface area contributed by atoms with Crippen LogP contribution >= 0.6 is 23.1 Å². The Bertz CT molecular complexity index is 713. The van der Waals surface area contributed by atoms with Crippen LogP contribution in [0.2, 0.25) is 0 Å². The normalized spacial score (nSPS) is 12.0. The van der Waals surface area contributed by atoms with Gasteiger partial charge in [-0.3, -0.25) is 4.79 Å². The summed E-state index contributed by atoms with van der Waals surface area (Å²) in [6, 6.07) is 8.46. The smallest absolute Gasteiger partial charge is 0.230 e. The van der Waals surface area contributed by atoms with Gasteiger partial charge in [-0.05, 0) is 30.4 Å². The van der Waals surface area contributed by atoms with Gasteiger partial charge in [0.15, 0.2) is 4.34 Å². The lowest BCUT2D eigenvalue weighted by Crippen LogP contribution is -2.28. The van der Waals surface area contributed by atoms with Gasteiger partial charge in [-0.2, -0.15) is 0 Å². The monoisotopic (exact) mass is 390 g/mol. The average Bonchev–Trinajstić information content (AvgIpc) is 3.06. The summed E-state index contributed by atoms with van der Waals surface area (Å²) in [6.45, 7) is 10.7. The molecule has 2 rings (SSSR count). The Balaban J connectivity index is 1.79. The van der Waals surface area contributed by atoms with Crippen molar-refractivity contribution in [1.29, 1.82) is 0 Å². The van der Waals surface area contributed by atoms with Crippen LogP contribution in [0, 0.1) is 5.92 Å². The highest BCUT2D eigenvalue weighted by atomic mass is 32.2. The highest BCUT2D eigenvalue weighted by Gasteiger charge is 2.12. The second-order valence-corrected chi connectivity index (χ2v) is 8.66. The lowest BCUT2D eigenvalue weighted by Gasteiger charge is -2.15. The van der Waals surface area contributed by atoms with Crippen LogP contribution in [0.15, 0.2) is 41.3 Å². The zero-order valence-corrected chi connectivity index (χ0v) is 17.1. The van der Waals surface area contributed by atoms with Crippen LogP contribution in [0.4, 0.5) is 5.13 Å². The van der Waals surface area contributed by atoms with Gasteiger partial charge in [0, 0.05) is 6.54 Å². The summed E-state index contributed by atoms with van der Waals surface area (Å²) < 4.78 is 0.775. The van der Waals surface area contributed by atoms with Gasteiger partial charge in [-0.25, -0.2) is 0 Å². The van der Waals surface area contributed by atoms with E-state index in [1.165, 1.54) is 28.7 Å². The summed E-state index contributed by atoms with van der Waals surface area (Å²) in [5, 5.41) is 15.0. The van der Waals surface area contributed by atoms with E-state index < -0.39 is 0 Å². The average molecular weight is 391 g/mol. The number of nitrogens with one attached hydrogen (secondary N) is 2. The molecule has 1 heterocycles. The minimum atomic E-state index is -0.0181. The van der Waals surface area contributed by atoms with E-state index in [1.54, 1.807) is 6.08 Å². The molecule has 0 aliphatic carbocycles. The van der Waals surface area contributed by atoms with E-state index in [4.69, 9.17) is 0 Å². The molecule has 1 unspecified atom stereocenters. The number of hydrogen-bond acceptors (Lipinski definition) is 6. The predicted molar refractivity (Wildman–Crippen MR) is 111 cm³/mol. The van der Waals surface area contributed by atoms with Gasteiger partial charge < -0.3 is 10.6 Å². The Morgan fingerprint density at radius 1 is 1.27 bits per heavy atom. The van der Waals surface area contributed by atoms with E-state index in [1.807, 2.05) is 6.92 Å². The summed E-state index contributed by atoms with van der Waals surface area (Å²) in [5.74, 6) is 0.957. The van der Waals surface area contributed by atoms with Crippen molar-refractivity contribution in [3.63, 3.8) is 0 Å². The van der Waals surface area contributed by atoms with Crippen molar-refractivity contribution >= 4 is 34.1 Å². The van der Waals surface area contributed by atoms with Gasteiger partial charge >= 0.3 is 0 Å². The number of thioether (sulfide) groups is 1. The van der Waals surface area contributed by atoms with E-state index >= 15 is 0 Å². The number of rotatable bonds is 10. The molecule has 0 bridgehead atoms. The molecule has 0 aliphatic rings. The molecule has 2 N–H and O–H groups in total. The third-order valence-electron chi connectivity index (χ3n) is 3.63. The molecule has 7 heteroatoms. The number of carbonyl (C=O) groups is 1. The summed E-state index contributed by atoms with van der Waals surface area (Å²) in [7, 11) is 0. The minimum absolute atomic E-state index is 0.00967. The van der Waals surface area contributed by atoms with Crippen molar-refractivity contribution in [3.05, 3.63) is 48.0 Å². The Hall–Kier alpha value is -1.86. The summed E-state index contributed by atoms with van der Waals surface area (Å²) in [4.78, 5) is 12.2. The van der Waals surface area contributed by atoms with Gasteiger partial charge in [-0.1, -0.05) is 67.3 Å². The van der Waals surface area contributed by atoms with E-state index in [0.717, 1.165) is 21.5 Å². The lowest BCUT2D eigenvalue weighted by molar-refractivity contribution is -0.119.